The smallest absolute Gasteiger partial charge is 0.137 e. The van der Waals surface area contributed by atoms with Gasteiger partial charge in [-0.15, -0.1) is 0 Å². The normalized spacial score (nSPS) is 11.2. The molecule has 1 aromatic carbocycles. The summed E-state index contributed by atoms with van der Waals surface area (Å²) in [6, 6.07) is 9.91. The number of aryl methyl sites for hydroxylation is 2. The Hall–Kier alpha value is -2.43. The van der Waals surface area contributed by atoms with Gasteiger partial charge in [-0.25, -0.2) is 15.0 Å². The number of H-pyrrole nitrogens is 1. The maximum absolute atomic E-state index is 6.06. The lowest BCUT2D eigenvalue weighted by Crippen LogP contribution is -1.99. The van der Waals surface area contributed by atoms with Crippen LogP contribution >= 0.6 is 23.2 Å². The zero-order valence-electron chi connectivity index (χ0n) is 14.6. The van der Waals surface area contributed by atoms with Crippen LogP contribution in [0, 0.1) is 0 Å². The summed E-state index contributed by atoms with van der Waals surface area (Å²) >= 11 is 12.1. The Labute approximate surface area is 167 Å². The number of fused-ring (bicyclic) bond motifs is 1. The van der Waals surface area contributed by atoms with Gasteiger partial charge in [0.25, 0.3) is 0 Å². The summed E-state index contributed by atoms with van der Waals surface area (Å²) in [5.41, 5.74) is 4.28. The van der Waals surface area contributed by atoms with E-state index in [0.29, 0.717) is 5.02 Å². The molecule has 0 spiro atoms. The molecule has 6 heteroatoms. The van der Waals surface area contributed by atoms with Gasteiger partial charge >= 0.3 is 0 Å². The van der Waals surface area contributed by atoms with Gasteiger partial charge in [0, 0.05) is 48.0 Å². The molecule has 3 aromatic heterocycles. The molecular weight excluding hydrogens is 379 g/mol. The first kappa shape index (κ1) is 18.0. The first-order valence-corrected chi connectivity index (χ1v) is 9.59. The van der Waals surface area contributed by atoms with E-state index < -0.39 is 0 Å². The third kappa shape index (κ3) is 4.46. The zero-order chi connectivity index (χ0) is 18.6. The molecule has 0 saturated carbocycles. The molecule has 0 amide bonds. The van der Waals surface area contributed by atoms with Gasteiger partial charge in [-0.3, -0.25) is 0 Å². The lowest BCUT2D eigenvalue weighted by atomic mass is 10.1. The molecule has 0 unspecified atom stereocenters. The van der Waals surface area contributed by atoms with Crippen LogP contribution < -0.4 is 0 Å². The summed E-state index contributed by atoms with van der Waals surface area (Å²) in [4.78, 5) is 16.5. The zero-order valence-corrected chi connectivity index (χ0v) is 16.1. The number of aromatic nitrogens is 4. The summed E-state index contributed by atoms with van der Waals surface area (Å²) in [7, 11) is 0. The highest BCUT2D eigenvalue weighted by Crippen LogP contribution is 2.22. The quantitative estimate of drug-likeness (QED) is 0.472. The van der Waals surface area contributed by atoms with Crippen molar-refractivity contribution in [1.82, 2.24) is 19.9 Å². The number of pyridine rings is 1. The molecule has 0 aliphatic heterocycles. The summed E-state index contributed by atoms with van der Waals surface area (Å²) in [5, 5.41) is 2.45. The van der Waals surface area contributed by atoms with Crippen molar-refractivity contribution in [1.29, 1.82) is 0 Å². The number of benzene rings is 1. The maximum Gasteiger partial charge on any atom is 0.137 e. The lowest BCUT2D eigenvalue weighted by molar-refractivity contribution is 0.767. The number of halogens is 2. The first-order chi connectivity index (χ1) is 13.2. The Balaban J connectivity index is 1.37. The van der Waals surface area contributed by atoms with Gasteiger partial charge in [-0.1, -0.05) is 35.3 Å². The molecule has 136 valence electrons. The van der Waals surface area contributed by atoms with Crippen molar-refractivity contribution in [3.8, 4) is 0 Å². The molecular formula is C21H18Cl2N4. The predicted octanol–water partition coefficient (Wildman–Crippen LogP) is 5.43. The molecule has 4 aromatic rings. The van der Waals surface area contributed by atoms with E-state index in [9.17, 15) is 0 Å². The third-order valence-corrected chi connectivity index (χ3v) is 4.93. The molecule has 4 rings (SSSR count). The molecule has 1 N–H and O–H groups in total. The van der Waals surface area contributed by atoms with Crippen molar-refractivity contribution in [2.24, 2.45) is 0 Å². The second kappa shape index (κ2) is 8.07. The topological polar surface area (TPSA) is 54.5 Å². The van der Waals surface area contributed by atoms with Gasteiger partial charge in [0.1, 0.15) is 11.5 Å². The van der Waals surface area contributed by atoms with Crippen molar-refractivity contribution in [2.75, 3.05) is 0 Å². The molecule has 0 saturated heterocycles. The van der Waals surface area contributed by atoms with Crippen molar-refractivity contribution in [2.45, 2.75) is 25.7 Å². The van der Waals surface area contributed by atoms with E-state index in [1.54, 1.807) is 6.20 Å². The number of hydrogen-bond acceptors (Lipinski definition) is 3. The van der Waals surface area contributed by atoms with E-state index >= 15 is 0 Å². The van der Waals surface area contributed by atoms with E-state index in [0.717, 1.165) is 58.7 Å². The van der Waals surface area contributed by atoms with Gasteiger partial charge in [-0.2, -0.15) is 0 Å². The minimum atomic E-state index is 0.634. The summed E-state index contributed by atoms with van der Waals surface area (Å²) in [5.74, 6) is 0.865. The Kier molecular flexibility index (Phi) is 5.37. The van der Waals surface area contributed by atoms with Crippen LogP contribution in [0.4, 0.5) is 0 Å². The van der Waals surface area contributed by atoms with Crippen LogP contribution in [-0.4, -0.2) is 19.9 Å². The summed E-state index contributed by atoms with van der Waals surface area (Å²) in [6.45, 7) is 0. The van der Waals surface area contributed by atoms with E-state index in [1.807, 2.05) is 42.9 Å². The number of aromatic amines is 1. The van der Waals surface area contributed by atoms with Crippen LogP contribution in [0.15, 0.2) is 55.1 Å². The highest BCUT2D eigenvalue weighted by atomic mass is 35.5. The highest BCUT2D eigenvalue weighted by molar-refractivity contribution is 6.31. The Bertz CT molecular complexity index is 1060. The molecule has 3 heterocycles. The molecule has 0 aliphatic rings. The number of nitrogens with zero attached hydrogens (tertiary/aromatic N) is 3. The Morgan fingerprint density at radius 2 is 1.70 bits per heavy atom. The molecule has 0 atom stereocenters. The highest BCUT2D eigenvalue weighted by Gasteiger charge is 2.07. The maximum atomic E-state index is 6.06. The Morgan fingerprint density at radius 3 is 2.52 bits per heavy atom. The van der Waals surface area contributed by atoms with E-state index in [2.05, 4.69) is 26.0 Å². The van der Waals surface area contributed by atoms with Gasteiger partial charge in [0.15, 0.2) is 0 Å². The molecule has 0 radical (unpaired) electrons. The van der Waals surface area contributed by atoms with Crippen LogP contribution in [0.25, 0.3) is 11.0 Å². The van der Waals surface area contributed by atoms with Crippen LogP contribution in [0.5, 0.6) is 0 Å². The van der Waals surface area contributed by atoms with Crippen LogP contribution in [0.2, 0.25) is 10.0 Å². The van der Waals surface area contributed by atoms with Gasteiger partial charge in [0.2, 0.25) is 0 Å². The predicted molar refractivity (Wildman–Crippen MR) is 109 cm³/mol. The average Bonchev–Trinajstić information content (AvgIpc) is 3.05. The van der Waals surface area contributed by atoms with Crippen LogP contribution in [0.3, 0.4) is 0 Å². The lowest BCUT2D eigenvalue weighted by Gasteiger charge is -2.04. The SMILES string of the molecule is Clc1cccc(CCCc2ncc(Cc3c[nH]c4ncc(Cl)cc34)cn2)c1. The van der Waals surface area contributed by atoms with Crippen LogP contribution in [0.1, 0.15) is 28.9 Å². The van der Waals surface area contributed by atoms with Crippen molar-refractivity contribution >= 4 is 34.2 Å². The molecule has 0 aliphatic carbocycles. The fourth-order valence-corrected chi connectivity index (χ4v) is 3.51. The average molecular weight is 397 g/mol. The van der Waals surface area contributed by atoms with Crippen LogP contribution in [-0.2, 0) is 19.3 Å². The number of rotatable bonds is 6. The van der Waals surface area contributed by atoms with Crippen molar-refractivity contribution < 1.29 is 0 Å². The summed E-state index contributed by atoms with van der Waals surface area (Å²) in [6.07, 6.45) is 11.0. The molecule has 0 bridgehead atoms. The van der Waals surface area contributed by atoms with Crippen molar-refractivity contribution in [3.63, 3.8) is 0 Å². The molecule has 27 heavy (non-hydrogen) atoms. The van der Waals surface area contributed by atoms with Crippen molar-refractivity contribution in [3.05, 3.63) is 87.7 Å². The van der Waals surface area contributed by atoms with Gasteiger partial charge in [0.05, 0.1) is 5.02 Å². The standard InChI is InChI=1S/C21H18Cl2N4/c22-17-5-1-3-14(8-17)4-2-6-20-24-10-15(11-25-20)7-16-12-26-21-19(16)9-18(23)13-27-21/h1,3,5,8-13H,2,4,6-7H2,(H,26,27). The fraction of sp³-hybridized carbons (Fsp3) is 0.190. The van der Waals surface area contributed by atoms with E-state index in [1.165, 1.54) is 5.56 Å². The van der Waals surface area contributed by atoms with Gasteiger partial charge < -0.3 is 4.98 Å². The monoisotopic (exact) mass is 396 g/mol. The largest absolute Gasteiger partial charge is 0.346 e. The van der Waals surface area contributed by atoms with Gasteiger partial charge in [-0.05, 0) is 47.7 Å². The van der Waals surface area contributed by atoms with E-state index in [-0.39, 0.29) is 0 Å². The minimum absolute atomic E-state index is 0.634. The first-order valence-electron chi connectivity index (χ1n) is 8.83. The molecule has 4 nitrogen and oxygen atoms in total. The Morgan fingerprint density at radius 1 is 0.852 bits per heavy atom. The number of hydrogen-bond donors (Lipinski definition) is 1. The fourth-order valence-electron chi connectivity index (χ4n) is 3.14. The van der Waals surface area contributed by atoms with E-state index in [4.69, 9.17) is 23.2 Å². The second-order valence-electron chi connectivity index (χ2n) is 6.53. The molecule has 0 fully saturated rings. The number of nitrogens with one attached hydrogen (secondary N) is 1. The third-order valence-electron chi connectivity index (χ3n) is 4.49. The second-order valence-corrected chi connectivity index (χ2v) is 7.40. The summed E-state index contributed by atoms with van der Waals surface area (Å²) < 4.78 is 0. The minimum Gasteiger partial charge on any atom is -0.346 e.